The number of carbonyl (C=O) groups is 2. The molecule has 28 heavy (non-hydrogen) atoms. The summed E-state index contributed by atoms with van der Waals surface area (Å²) in [4.78, 5) is 26.5. The van der Waals surface area contributed by atoms with E-state index in [0.29, 0.717) is 46.4 Å². The van der Waals surface area contributed by atoms with Crippen LogP contribution >= 0.6 is 11.6 Å². The predicted octanol–water partition coefficient (Wildman–Crippen LogP) is 3.89. The maximum absolute atomic E-state index is 12.7. The summed E-state index contributed by atoms with van der Waals surface area (Å²) in [5, 5.41) is 3.45. The second-order valence-electron chi connectivity index (χ2n) is 6.63. The number of hydrogen-bond donors (Lipinski definition) is 1. The second-order valence-corrected chi connectivity index (χ2v) is 7.07. The van der Waals surface area contributed by atoms with Gasteiger partial charge in [0.15, 0.2) is 0 Å². The number of methoxy groups -OCH3 is 1. The summed E-state index contributed by atoms with van der Waals surface area (Å²) in [6.45, 7) is 0.817. The SMILES string of the molecule is COc1ccc(NC(=O)C2=Cc3cc(Cl)ccc3OC2)cc1N1CCCC1=O. The van der Waals surface area contributed by atoms with Crippen LogP contribution in [0.15, 0.2) is 42.0 Å². The van der Waals surface area contributed by atoms with Gasteiger partial charge in [-0.15, -0.1) is 0 Å². The molecule has 7 heteroatoms. The van der Waals surface area contributed by atoms with Crippen LogP contribution in [-0.2, 0) is 9.59 Å². The second kappa shape index (κ2) is 7.56. The van der Waals surface area contributed by atoms with Gasteiger partial charge in [0.05, 0.1) is 18.4 Å². The molecule has 0 aliphatic carbocycles. The molecule has 2 aliphatic rings. The fourth-order valence-electron chi connectivity index (χ4n) is 3.37. The standard InChI is InChI=1S/C21H19ClN2O4/c1-27-19-7-5-16(11-17(19)24-8-2-3-20(24)25)23-21(26)14-9-13-10-15(22)4-6-18(13)28-12-14/h4-7,9-11H,2-3,8,12H2,1H3,(H,23,26). The number of halogens is 1. The van der Waals surface area contributed by atoms with Gasteiger partial charge >= 0.3 is 0 Å². The number of anilines is 2. The number of ether oxygens (including phenoxy) is 2. The molecule has 2 aliphatic heterocycles. The lowest BCUT2D eigenvalue weighted by Crippen LogP contribution is -2.25. The first-order valence-electron chi connectivity index (χ1n) is 8.98. The minimum Gasteiger partial charge on any atom is -0.495 e. The number of hydrogen-bond acceptors (Lipinski definition) is 4. The average Bonchev–Trinajstić information content (AvgIpc) is 3.13. The van der Waals surface area contributed by atoms with Gasteiger partial charge in [-0.25, -0.2) is 0 Å². The molecule has 144 valence electrons. The third kappa shape index (κ3) is 3.55. The lowest BCUT2D eigenvalue weighted by Gasteiger charge is -2.21. The molecule has 1 saturated heterocycles. The maximum atomic E-state index is 12.7. The van der Waals surface area contributed by atoms with E-state index in [9.17, 15) is 9.59 Å². The van der Waals surface area contributed by atoms with Crippen molar-refractivity contribution < 1.29 is 19.1 Å². The van der Waals surface area contributed by atoms with E-state index in [1.807, 2.05) is 0 Å². The molecule has 2 heterocycles. The van der Waals surface area contributed by atoms with Gasteiger partial charge in [0.1, 0.15) is 18.1 Å². The molecule has 0 bridgehead atoms. The van der Waals surface area contributed by atoms with Gasteiger partial charge < -0.3 is 19.7 Å². The fourth-order valence-corrected chi connectivity index (χ4v) is 3.55. The van der Waals surface area contributed by atoms with Crippen LogP contribution in [0.4, 0.5) is 11.4 Å². The van der Waals surface area contributed by atoms with E-state index in [1.165, 1.54) is 0 Å². The molecular weight excluding hydrogens is 380 g/mol. The van der Waals surface area contributed by atoms with E-state index in [4.69, 9.17) is 21.1 Å². The third-order valence-corrected chi connectivity index (χ3v) is 5.01. The molecule has 1 fully saturated rings. The van der Waals surface area contributed by atoms with Crippen LogP contribution in [0.2, 0.25) is 5.02 Å². The molecule has 1 N–H and O–H groups in total. The zero-order chi connectivity index (χ0) is 19.7. The molecule has 4 rings (SSSR count). The highest BCUT2D eigenvalue weighted by Gasteiger charge is 2.25. The van der Waals surface area contributed by atoms with Gasteiger partial charge in [-0.05, 0) is 48.9 Å². The lowest BCUT2D eigenvalue weighted by atomic mass is 10.1. The molecule has 2 amide bonds. The Bertz CT molecular complexity index is 986. The summed E-state index contributed by atoms with van der Waals surface area (Å²) in [6.07, 6.45) is 3.10. The van der Waals surface area contributed by atoms with Crippen LogP contribution in [0.1, 0.15) is 18.4 Å². The lowest BCUT2D eigenvalue weighted by molar-refractivity contribution is -0.117. The fraction of sp³-hybridized carbons (Fsp3) is 0.238. The van der Waals surface area contributed by atoms with E-state index >= 15 is 0 Å². The van der Waals surface area contributed by atoms with Gasteiger partial charge in [-0.1, -0.05) is 11.6 Å². The first-order chi connectivity index (χ1) is 13.5. The monoisotopic (exact) mass is 398 g/mol. The molecule has 0 spiro atoms. The summed E-state index contributed by atoms with van der Waals surface area (Å²) in [5.74, 6) is 1.07. The molecule has 6 nitrogen and oxygen atoms in total. The van der Waals surface area contributed by atoms with Crippen molar-refractivity contribution in [2.24, 2.45) is 0 Å². The average molecular weight is 399 g/mol. The smallest absolute Gasteiger partial charge is 0.255 e. The highest BCUT2D eigenvalue weighted by Crippen LogP contribution is 2.34. The van der Waals surface area contributed by atoms with Gasteiger partial charge in [-0.3, -0.25) is 9.59 Å². The van der Waals surface area contributed by atoms with Gasteiger partial charge in [0, 0.05) is 29.2 Å². The molecular formula is C21H19ClN2O4. The Morgan fingerprint density at radius 1 is 1.25 bits per heavy atom. The Balaban J connectivity index is 1.57. The van der Waals surface area contributed by atoms with Crippen LogP contribution < -0.4 is 19.7 Å². The summed E-state index contributed by atoms with van der Waals surface area (Å²) in [6, 6.07) is 10.5. The van der Waals surface area contributed by atoms with E-state index < -0.39 is 0 Å². The van der Waals surface area contributed by atoms with E-state index in [2.05, 4.69) is 5.32 Å². The molecule has 0 saturated carbocycles. The number of carbonyl (C=O) groups excluding carboxylic acids is 2. The third-order valence-electron chi connectivity index (χ3n) is 4.78. The van der Waals surface area contributed by atoms with Crippen LogP contribution in [0.25, 0.3) is 6.08 Å². The van der Waals surface area contributed by atoms with Gasteiger partial charge in [0.25, 0.3) is 5.91 Å². The Kier molecular flexibility index (Phi) is 4.96. The topological polar surface area (TPSA) is 67.9 Å². The van der Waals surface area contributed by atoms with Crippen LogP contribution in [0.5, 0.6) is 11.5 Å². The number of amides is 2. The van der Waals surface area contributed by atoms with Crippen LogP contribution in [0.3, 0.4) is 0 Å². The van der Waals surface area contributed by atoms with Crippen molar-refractivity contribution in [2.45, 2.75) is 12.8 Å². The molecule has 0 atom stereocenters. The predicted molar refractivity (Wildman–Crippen MR) is 108 cm³/mol. The molecule has 0 unspecified atom stereocenters. The van der Waals surface area contributed by atoms with Crippen molar-refractivity contribution in [2.75, 3.05) is 30.5 Å². The Morgan fingerprint density at radius 3 is 2.86 bits per heavy atom. The molecule has 2 aromatic carbocycles. The van der Waals surface area contributed by atoms with Crippen molar-refractivity contribution in [3.63, 3.8) is 0 Å². The number of nitrogens with zero attached hydrogens (tertiary/aromatic N) is 1. The number of benzene rings is 2. The van der Waals surface area contributed by atoms with Crippen molar-refractivity contribution in [1.29, 1.82) is 0 Å². The first-order valence-corrected chi connectivity index (χ1v) is 9.35. The highest BCUT2D eigenvalue weighted by atomic mass is 35.5. The van der Waals surface area contributed by atoms with Crippen molar-refractivity contribution >= 4 is 40.9 Å². The van der Waals surface area contributed by atoms with Crippen molar-refractivity contribution in [3.05, 3.63) is 52.6 Å². The Labute approximate surface area is 167 Å². The van der Waals surface area contributed by atoms with Crippen LogP contribution in [-0.4, -0.2) is 32.1 Å². The van der Waals surface area contributed by atoms with Crippen molar-refractivity contribution in [3.8, 4) is 11.5 Å². The van der Waals surface area contributed by atoms with E-state index in [1.54, 1.807) is 54.5 Å². The zero-order valence-electron chi connectivity index (χ0n) is 15.3. The number of rotatable bonds is 4. The van der Waals surface area contributed by atoms with E-state index in [0.717, 1.165) is 12.0 Å². The quantitative estimate of drug-likeness (QED) is 0.848. The number of fused-ring (bicyclic) bond motifs is 1. The van der Waals surface area contributed by atoms with Crippen molar-refractivity contribution in [1.82, 2.24) is 0 Å². The first kappa shape index (κ1) is 18.4. The zero-order valence-corrected chi connectivity index (χ0v) is 16.1. The van der Waals surface area contributed by atoms with E-state index in [-0.39, 0.29) is 18.4 Å². The highest BCUT2D eigenvalue weighted by molar-refractivity contribution is 6.30. The van der Waals surface area contributed by atoms with Crippen LogP contribution in [0, 0.1) is 0 Å². The summed E-state index contributed by atoms with van der Waals surface area (Å²) in [7, 11) is 1.56. The Hall–Kier alpha value is -2.99. The Morgan fingerprint density at radius 2 is 2.11 bits per heavy atom. The summed E-state index contributed by atoms with van der Waals surface area (Å²) >= 11 is 6.02. The molecule has 0 aromatic heterocycles. The van der Waals surface area contributed by atoms with Gasteiger partial charge in [-0.2, -0.15) is 0 Å². The molecule has 0 radical (unpaired) electrons. The normalized spacial score (nSPS) is 15.6. The summed E-state index contributed by atoms with van der Waals surface area (Å²) < 4.78 is 11.0. The molecule has 2 aromatic rings. The summed E-state index contributed by atoms with van der Waals surface area (Å²) in [5.41, 5.74) is 2.50. The minimum absolute atomic E-state index is 0.0543. The maximum Gasteiger partial charge on any atom is 0.255 e. The minimum atomic E-state index is -0.269. The number of nitrogens with one attached hydrogen (secondary N) is 1. The van der Waals surface area contributed by atoms with Gasteiger partial charge in [0.2, 0.25) is 5.91 Å². The largest absolute Gasteiger partial charge is 0.495 e.